The second-order valence-corrected chi connectivity index (χ2v) is 5.38. The van der Waals surface area contributed by atoms with Gasteiger partial charge in [0.15, 0.2) is 10.9 Å². The molecule has 3 rings (SSSR count). The fraction of sp³-hybridized carbons (Fsp3) is 0.0667. The van der Waals surface area contributed by atoms with Crippen molar-refractivity contribution in [3.05, 3.63) is 58.7 Å². The lowest BCUT2D eigenvalue weighted by Crippen LogP contribution is -2.13. The van der Waals surface area contributed by atoms with E-state index in [4.69, 9.17) is 4.42 Å². The Morgan fingerprint density at radius 1 is 1.27 bits per heavy atom. The predicted molar refractivity (Wildman–Crippen MR) is 78.9 cm³/mol. The number of hydrogen-bond donors (Lipinski definition) is 1. The van der Waals surface area contributed by atoms with E-state index in [0.29, 0.717) is 22.7 Å². The molecule has 2 heterocycles. The zero-order valence-corrected chi connectivity index (χ0v) is 12.2. The van der Waals surface area contributed by atoms with Crippen LogP contribution in [0.15, 0.2) is 40.1 Å². The molecule has 0 saturated carbocycles. The molecule has 1 N–H and O–H groups in total. The van der Waals surface area contributed by atoms with Crippen LogP contribution in [-0.2, 0) is 0 Å². The minimum Gasteiger partial charge on any atom is -0.460 e. The minimum absolute atomic E-state index is 0.244. The first-order valence-corrected chi connectivity index (χ1v) is 7.19. The number of nitrogens with zero attached hydrogens (tertiary/aromatic N) is 1. The number of aromatic nitrogens is 1. The van der Waals surface area contributed by atoms with Gasteiger partial charge in [0.25, 0.3) is 5.91 Å². The van der Waals surface area contributed by atoms with Gasteiger partial charge in [0, 0.05) is 11.4 Å². The molecule has 22 heavy (non-hydrogen) atoms. The highest BCUT2D eigenvalue weighted by Crippen LogP contribution is 2.26. The van der Waals surface area contributed by atoms with Crippen molar-refractivity contribution in [1.82, 2.24) is 4.98 Å². The molecule has 0 atom stereocenters. The largest absolute Gasteiger partial charge is 0.460 e. The maximum absolute atomic E-state index is 13.5. The third kappa shape index (κ3) is 2.89. The van der Waals surface area contributed by atoms with Gasteiger partial charge >= 0.3 is 0 Å². The predicted octanol–water partition coefficient (Wildman–Crippen LogP) is 4.24. The number of aryl methyl sites for hydroxylation is 1. The summed E-state index contributed by atoms with van der Waals surface area (Å²) in [5.74, 6) is -1.01. The highest BCUT2D eigenvalue weighted by atomic mass is 32.1. The summed E-state index contributed by atoms with van der Waals surface area (Å²) < 4.78 is 31.8. The number of anilines is 1. The summed E-state index contributed by atoms with van der Waals surface area (Å²) in [6, 6.07) is 6.35. The van der Waals surface area contributed by atoms with E-state index in [1.807, 2.05) is 6.92 Å². The molecule has 112 valence electrons. The lowest BCUT2D eigenvalue weighted by atomic mass is 10.2. The molecule has 0 radical (unpaired) electrons. The smallest absolute Gasteiger partial charge is 0.260 e. The highest BCUT2D eigenvalue weighted by Gasteiger charge is 2.15. The fourth-order valence-corrected chi connectivity index (χ4v) is 2.55. The Morgan fingerprint density at radius 3 is 2.77 bits per heavy atom. The molecule has 0 aliphatic rings. The normalized spacial score (nSPS) is 10.7. The Morgan fingerprint density at radius 2 is 2.09 bits per heavy atom. The topological polar surface area (TPSA) is 55.1 Å². The second-order valence-electron chi connectivity index (χ2n) is 4.53. The molecule has 0 spiro atoms. The van der Waals surface area contributed by atoms with E-state index in [1.54, 1.807) is 17.5 Å². The van der Waals surface area contributed by atoms with Crippen molar-refractivity contribution < 1.29 is 18.0 Å². The molecular weight excluding hydrogens is 310 g/mol. The van der Waals surface area contributed by atoms with Crippen LogP contribution in [0.1, 0.15) is 16.1 Å². The summed E-state index contributed by atoms with van der Waals surface area (Å²) >= 11 is 1.19. The lowest BCUT2D eigenvalue weighted by molar-refractivity contribution is 0.102. The summed E-state index contributed by atoms with van der Waals surface area (Å²) in [5, 5.41) is 4.50. The number of furan rings is 1. The van der Waals surface area contributed by atoms with E-state index < -0.39 is 17.5 Å². The Hall–Kier alpha value is -2.54. The number of carbonyl (C=O) groups excluding carboxylic acids is 1. The van der Waals surface area contributed by atoms with E-state index >= 15 is 0 Å². The van der Waals surface area contributed by atoms with Gasteiger partial charge < -0.3 is 4.42 Å². The van der Waals surface area contributed by atoms with Gasteiger partial charge in [-0.3, -0.25) is 10.1 Å². The van der Waals surface area contributed by atoms with Crippen LogP contribution in [-0.4, -0.2) is 10.9 Å². The number of amides is 1. The van der Waals surface area contributed by atoms with E-state index in [2.05, 4.69) is 10.3 Å². The standard InChI is InChI=1S/C15H10F2N2O2S/c1-8-2-5-13(21-8)12-7-22-15(18-12)19-14(20)10-4-3-9(16)6-11(10)17/h2-7H,1H3,(H,18,19,20). The van der Waals surface area contributed by atoms with Crippen molar-refractivity contribution in [3.63, 3.8) is 0 Å². The maximum atomic E-state index is 13.5. The van der Waals surface area contributed by atoms with E-state index in [0.717, 1.165) is 17.9 Å². The summed E-state index contributed by atoms with van der Waals surface area (Å²) in [6.45, 7) is 1.82. The molecular formula is C15H10F2N2O2S. The van der Waals surface area contributed by atoms with Gasteiger partial charge in [-0.25, -0.2) is 13.8 Å². The van der Waals surface area contributed by atoms with Crippen LogP contribution in [0.2, 0.25) is 0 Å². The van der Waals surface area contributed by atoms with Crippen LogP contribution in [0.25, 0.3) is 11.5 Å². The van der Waals surface area contributed by atoms with Crippen LogP contribution >= 0.6 is 11.3 Å². The number of thiazole rings is 1. The number of halogens is 2. The molecule has 1 amide bonds. The quantitative estimate of drug-likeness (QED) is 0.785. The third-order valence-electron chi connectivity index (χ3n) is 2.89. The third-order valence-corrected chi connectivity index (χ3v) is 3.65. The minimum atomic E-state index is -0.920. The first-order chi connectivity index (χ1) is 10.5. The van der Waals surface area contributed by atoms with Gasteiger partial charge in [0.05, 0.1) is 5.56 Å². The molecule has 2 aromatic heterocycles. The van der Waals surface area contributed by atoms with E-state index in [-0.39, 0.29) is 5.56 Å². The molecule has 0 saturated heterocycles. The highest BCUT2D eigenvalue weighted by molar-refractivity contribution is 7.14. The molecule has 1 aromatic carbocycles. The monoisotopic (exact) mass is 320 g/mol. The summed E-state index contributed by atoms with van der Waals surface area (Å²) in [6.07, 6.45) is 0. The number of hydrogen-bond acceptors (Lipinski definition) is 4. The first kappa shape index (κ1) is 14.4. The molecule has 0 aliphatic heterocycles. The van der Waals surface area contributed by atoms with Crippen molar-refractivity contribution in [3.8, 4) is 11.5 Å². The zero-order valence-electron chi connectivity index (χ0n) is 11.4. The van der Waals surface area contributed by atoms with Gasteiger partial charge in [-0.1, -0.05) is 0 Å². The summed E-state index contributed by atoms with van der Waals surface area (Å²) in [7, 11) is 0. The van der Waals surface area contributed by atoms with Crippen LogP contribution in [0, 0.1) is 18.6 Å². The van der Waals surface area contributed by atoms with E-state index in [1.165, 1.54) is 11.3 Å². The van der Waals surface area contributed by atoms with Crippen LogP contribution in [0.4, 0.5) is 13.9 Å². The molecule has 0 fully saturated rings. The SMILES string of the molecule is Cc1ccc(-c2csc(NC(=O)c3ccc(F)cc3F)n2)o1. The van der Waals surface area contributed by atoms with Crippen molar-refractivity contribution in [2.75, 3.05) is 5.32 Å². The average molecular weight is 320 g/mol. The van der Waals surface area contributed by atoms with Gasteiger partial charge in [-0.15, -0.1) is 11.3 Å². The van der Waals surface area contributed by atoms with Crippen molar-refractivity contribution >= 4 is 22.4 Å². The maximum Gasteiger partial charge on any atom is 0.260 e. The Labute approximate surface area is 128 Å². The average Bonchev–Trinajstić information content (AvgIpc) is 3.07. The van der Waals surface area contributed by atoms with Crippen LogP contribution in [0.5, 0.6) is 0 Å². The summed E-state index contributed by atoms with van der Waals surface area (Å²) in [5.41, 5.74) is 0.333. The fourth-order valence-electron chi connectivity index (χ4n) is 1.85. The molecule has 0 unspecified atom stereocenters. The summed E-state index contributed by atoms with van der Waals surface area (Å²) in [4.78, 5) is 16.2. The van der Waals surface area contributed by atoms with Crippen LogP contribution < -0.4 is 5.32 Å². The van der Waals surface area contributed by atoms with Gasteiger partial charge in [-0.05, 0) is 31.2 Å². The number of carbonyl (C=O) groups is 1. The van der Waals surface area contributed by atoms with Crippen molar-refractivity contribution in [1.29, 1.82) is 0 Å². The lowest BCUT2D eigenvalue weighted by Gasteiger charge is -2.02. The van der Waals surface area contributed by atoms with Gasteiger partial charge in [-0.2, -0.15) is 0 Å². The zero-order chi connectivity index (χ0) is 15.7. The Balaban J connectivity index is 1.79. The van der Waals surface area contributed by atoms with Gasteiger partial charge in [0.1, 0.15) is 23.1 Å². The number of benzene rings is 1. The first-order valence-electron chi connectivity index (χ1n) is 6.31. The molecule has 4 nitrogen and oxygen atoms in total. The molecule has 7 heteroatoms. The molecule has 3 aromatic rings. The van der Waals surface area contributed by atoms with Crippen molar-refractivity contribution in [2.45, 2.75) is 6.92 Å². The van der Waals surface area contributed by atoms with Gasteiger partial charge in [0.2, 0.25) is 0 Å². The van der Waals surface area contributed by atoms with E-state index in [9.17, 15) is 13.6 Å². The Kier molecular flexibility index (Phi) is 3.72. The number of nitrogens with one attached hydrogen (secondary N) is 1. The second kappa shape index (κ2) is 5.69. The molecule has 0 bridgehead atoms. The molecule has 0 aliphatic carbocycles. The number of rotatable bonds is 3. The Bertz CT molecular complexity index is 842. The van der Waals surface area contributed by atoms with Crippen LogP contribution in [0.3, 0.4) is 0 Å². The van der Waals surface area contributed by atoms with Crippen molar-refractivity contribution in [2.24, 2.45) is 0 Å².